The lowest BCUT2D eigenvalue weighted by molar-refractivity contribution is 0.475. The quantitative estimate of drug-likeness (QED) is 0.689. The van der Waals surface area contributed by atoms with Crippen LogP contribution in [-0.4, -0.2) is 15.2 Å². The Hall–Kier alpha value is -2.55. The highest BCUT2D eigenvalue weighted by atomic mass is 16.3. The van der Waals surface area contributed by atoms with Crippen LogP contribution in [-0.2, 0) is 0 Å². The van der Waals surface area contributed by atoms with Gasteiger partial charge in [-0.25, -0.2) is 0 Å². The standard InChI is InChI=1S/C15H11NO2.C2H6/c17-12-3-1-2-11(9-12)15-14-5-4-13(18)8-10(14)6-7-16-15;1-2/h1-9,17-18H;1-2H3. The van der Waals surface area contributed by atoms with Crippen molar-refractivity contribution in [3.63, 3.8) is 0 Å². The third kappa shape index (κ3) is 2.72. The molecule has 102 valence electrons. The number of aromatic nitrogens is 1. The number of aromatic hydroxyl groups is 2. The number of benzene rings is 2. The average molecular weight is 267 g/mol. The number of hydrogen-bond donors (Lipinski definition) is 2. The Balaban J connectivity index is 0.000000704. The molecule has 0 spiro atoms. The Morgan fingerprint density at radius 2 is 1.60 bits per heavy atom. The molecule has 0 atom stereocenters. The van der Waals surface area contributed by atoms with E-state index >= 15 is 0 Å². The van der Waals surface area contributed by atoms with Crippen molar-refractivity contribution in [2.45, 2.75) is 13.8 Å². The van der Waals surface area contributed by atoms with Crippen LogP contribution in [0, 0.1) is 0 Å². The first-order valence-corrected chi connectivity index (χ1v) is 6.61. The van der Waals surface area contributed by atoms with Crippen LogP contribution in [0.2, 0.25) is 0 Å². The smallest absolute Gasteiger partial charge is 0.116 e. The first kappa shape index (κ1) is 13.9. The van der Waals surface area contributed by atoms with Crippen LogP contribution in [0.25, 0.3) is 22.0 Å². The van der Waals surface area contributed by atoms with Crippen molar-refractivity contribution >= 4 is 10.8 Å². The van der Waals surface area contributed by atoms with Gasteiger partial charge in [-0.1, -0.05) is 26.0 Å². The largest absolute Gasteiger partial charge is 0.508 e. The van der Waals surface area contributed by atoms with Gasteiger partial charge in [0.05, 0.1) is 5.69 Å². The van der Waals surface area contributed by atoms with E-state index in [4.69, 9.17) is 0 Å². The van der Waals surface area contributed by atoms with E-state index in [0.717, 1.165) is 22.0 Å². The van der Waals surface area contributed by atoms with Crippen LogP contribution in [0.4, 0.5) is 0 Å². The van der Waals surface area contributed by atoms with Crippen LogP contribution < -0.4 is 0 Å². The van der Waals surface area contributed by atoms with Crippen LogP contribution in [0.1, 0.15) is 13.8 Å². The van der Waals surface area contributed by atoms with E-state index in [-0.39, 0.29) is 11.5 Å². The molecule has 1 aromatic heterocycles. The minimum absolute atomic E-state index is 0.213. The summed E-state index contributed by atoms with van der Waals surface area (Å²) in [5.41, 5.74) is 1.65. The zero-order valence-electron chi connectivity index (χ0n) is 11.5. The highest BCUT2D eigenvalue weighted by molar-refractivity contribution is 5.95. The van der Waals surface area contributed by atoms with Crippen LogP contribution >= 0.6 is 0 Å². The molecule has 3 heteroatoms. The Morgan fingerprint density at radius 3 is 2.35 bits per heavy atom. The Labute approximate surface area is 118 Å². The molecule has 0 aliphatic rings. The summed E-state index contributed by atoms with van der Waals surface area (Å²) >= 11 is 0. The lowest BCUT2D eigenvalue weighted by Crippen LogP contribution is -1.85. The predicted octanol–water partition coefficient (Wildman–Crippen LogP) is 4.34. The molecule has 1 heterocycles. The average Bonchev–Trinajstić information content (AvgIpc) is 2.48. The second-order valence-electron chi connectivity index (χ2n) is 4.12. The lowest BCUT2D eigenvalue weighted by atomic mass is 10.0. The molecule has 0 radical (unpaired) electrons. The molecule has 0 bridgehead atoms. The number of fused-ring (bicyclic) bond motifs is 1. The molecular formula is C17H17NO2. The van der Waals surface area contributed by atoms with Gasteiger partial charge in [0.1, 0.15) is 11.5 Å². The van der Waals surface area contributed by atoms with E-state index < -0.39 is 0 Å². The van der Waals surface area contributed by atoms with Crippen molar-refractivity contribution in [2.75, 3.05) is 0 Å². The molecular weight excluding hydrogens is 250 g/mol. The zero-order valence-corrected chi connectivity index (χ0v) is 11.5. The third-order valence-corrected chi connectivity index (χ3v) is 2.87. The molecule has 0 fully saturated rings. The van der Waals surface area contributed by atoms with Gasteiger partial charge >= 0.3 is 0 Å². The molecule has 0 saturated carbocycles. The van der Waals surface area contributed by atoms with Crippen molar-refractivity contribution in [3.8, 4) is 22.8 Å². The monoisotopic (exact) mass is 267 g/mol. The first-order chi connectivity index (χ1) is 9.74. The molecule has 0 unspecified atom stereocenters. The molecule has 0 amide bonds. The fourth-order valence-corrected chi connectivity index (χ4v) is 2.05. The zero-order chi connectivity index (χ0) is 14.5. The van der Waals surface area contributed by atoms with Crippen LogP contribution in [0.3, 0.4) is 0 Å². The minimum Gasteiger partial charge on any atom is -0.508 e. The van der Waals surface area contributed by atoms with Crippen molar-refractivity contribution in [1.82, 2.24) is 4.98 Å². The van der Waals surface area contributed by atoms with E-state index in [0.29, 0.717) is 0 Å². The van der Waals surface area contributed by atoms with Gasteiger partial charge in [-0.3, -0.25) is 4.98 Å². The van der Waals surface area contributed by atoms with Crippen molar-refractivity contribution in [1.29, 1.82) is 0 Å². The van der Waals surface area contributed by atoms with E-state index in [2.05, 4.69) is 4.98 Å². The third-order valence-electron chi connectivity index (χ3n) is 2.87. The summed E-state index contributed by atoms with van der Waals surface area (Å²) in [7, 11) is 0. The number of phenolic OH excluding ortho intramolecular Hbond substituents is 2. The number of hydrogen-bond acceptors (Lipinski definition) is 3. The van der Waals surface area contributed by atoms with E-state index in [9.17, 15) is 10.2 Å². The first-order valence-electron chi connectivity index (χ1n) is 6.61. The van der Waals surface area contributed by atoms with Gasteiger partial charge in [-0.2, -0.15) is 0 Å². The fraction of sp³-hybridized carbons (Fsp3) is 0.118. The van der Waals surface area contributed by atoms with Crippen molar-refractivity contribution in [3.05, 3.63) is 54.7 Å². The lowest BCUT2D eigenvalue weighted by Gasteiger charge is -2.06. The highest BCUT2D eigenvalue weighted by Crippen LogP contribution is 2.30. The highest BCUT2D eigenvalue weighted by Gasteiger charge is 2.06. The Bertz CT molecular complexity index is 723. The van der Waals surface area contributed by atoms with E-state index in [1.165, 1.54) is 0 Å². The molecule has 3 nitrogen and oxygen atoms in total. The normalized spacial score (nSPS) is 9.90. The van der Waals surface area contributed by atoms with Gasteiger partial charge in [-0.15, -0.1) is 0 Å². The van der Waals surface area contributed by atoms with Crippen molar-refractivity contribution < 1.29 is 10.2 Å². The maximum atomic E-state index is 9.52. The topological polar surface area (TPSA) is 53.4 Å². The summed E-state index contributed by atoms with van der Waals surface area (Å²) in [5, 5.41) is 20.9. The second-order valence-corrected chi connectivity index (χ2v) is 4.12. The van der Waals surface area contributed by atoms with E-state index in [1.54, 1.807) is 36.5 Å². The molecule has 2 aromatic carbocycles. The van der Waals surface area contributed by atoms with Gasteiger partial charge in [0.25, 0.3) is 0 Å². The molecule has 0 saturated heterocycles. The summed E-state index contributed by atoms with van der Waals surface area (Å²) in [5.74, 6) is 0.445. The molecule has 2 N–H and O–H groups in total. The molecule has 0 aliphatic carbocycles. The summed E-state index contributed by atoms with van der Waals surface area (Å²) in [6, 6.07) is 14.0. The van der Waals surface area contributed by atoms with Gasteiger partial charge in [0, 0.05) is 17.1 Å². The number of nitrogens with zero attached hydrogens (tertiary/aromatic N) is 1. The van der Waals surface area contributed by atoms with Crippen molar-refractivity contribution in [2.24, 2.45) is 0 Å². The van der Waals surface area contributed by atoms with Crippen LogP contribution in [0.5, 0.6) is 11.5 Å². The van der Waals surface area contributed by atoms with Crippen LogP contribution in [0.15, 0.2) is 54.7 Å². The fourth-order valence-electron chi connectivity index (χ4n) is 2.05. The summed E-state index contributed by atoms with van der Waals surface area (Å²) in [6.45, 7) is 4.00. The molecule has 20 heavy (non-hydrogen) atoms. The SMILES string of the molecule is CC.Oc1cccc(-c2nccc3cc(O)ccc23)c1. The number of rotatable bonds is 1. The number of phenols is 2. The maximum Gasteiger partial charge on any atom is 0.116 e. The van der Waals surface area contributed by atoms with Gasteiger partial charge in [0.2, 0.25) is 0 Å². The molecule has 0 aliphatic heterocycles. The number of pyridine rings is 1. The summed E-state index contributed by atoms with van der Waals surface area (Å²) in [6.07, 6.45) is 1.70. The molecule has 3 aromatic rings. The Kier molecular flexibility index (Phi) is 4.20. The summed E-state index contributed by atoms with van der Waals surface area (Å²) < 4.78 is 0. The van der Waals surface area contributed by atoms with E-state index in [1.807, 2.05) is 32.0 Å². The minimum atomic E-state index is 0.213. The Morgan fingerprint density at radius 1 is 0.850 bits per heavy atom. The predicted molar refractivity (Wildman–Crippen MR) is 81.9 cm³/mol. The van der Waals surface area contributed by atoms with Gasteiger partial charge in [0.15, 0.2) is 0 Å². The second kappa shape index (κ2) is 6.06. The van der Waals surface area contributed by atoms with Gasteiger partial charge in [-0.05, 0) is 41.8 Å². The maximum absolute atomic E-state index is 9.52. The van der Waals surface area contributed by atoms with Gasteiger partial charge < -0.3 is 10.2 Å². The molecule has 3 rings (SSSR count). The summed E-state index contributed by atoms with van der Waals surface area (Å²) in [4.78, 5) is 4.36.